The van der Waals surface area contributed by atoms with Crippen molar-refractivity contribution in [2.45, 2.75) is 44.0 Å². The first-order valence-electron chi connectivity index (χ1n) is 8.11. The molecule has 120 valence electrons. The van der Waals surface area contributed by atoms with Gasteiger partial charge in [0, 0.05) is 12.6 Å². The Balaban J connectivity index is 1.69. The maximum atomic E-state index is 13.1. The van der Waals surface area contributed by atoms with Crippen LogP contribution in [0.5, 0.6) is 5.75 Å². The molecule has 0 radical (unpaired) electrons. The molecule has 3 aliphatic rings. The molecule has 5 heteroatoms. The van der Waals surface area contributed by atoms with Gasteiger partial charge < -0.3 is 4.74 Å². The summed E-state index contributed by atoms with van der Waals surface area (Å²) in [6.45, 7) is 4.52. The first-order chi connectivity index (χ1) is 10.4. The van der Waals surface area contributed by atoms with E-state index in [1.54, 1.807) is 23.5 Å². The maximum absolute atomic E-state index is 13.1. The molecule has 1 aromatic carbocycles. The van der Waals surface area contributed by atoms with Gasteiger partial charge in [-0.2, -0.15) is 4.31 Å². The van der Waals surface area contributed by atoms with Gasteiger partial charge in [0.2, 0.25) is 10.0 Å². The van der Waals surface area contributed by atoms with Gasteiger partial charge in [0.25, 0.3) is 0 Å². The van der Waals surface area contributed by atoms with E-state index in [0.717, 1.165) is 29.3 Å². The number of hydrogen-bond acceptors (Lipinski definition) is 3. The third-order valence-electron chi connectivity index (χ3n) is 6.26. The second-order valence-corrected chi connectivity index (χ2v) is 8.94. The number of rotatable bonds is 3. The van der Waals surface area contributed by atoms with Crippen LogP contribution >= 0.6 is 0 Å². The highest BCUT2D eigenvalue weighted by Crippen LogP contribution is 2.56. The Morgan fingerprint density at radius 2 is 1.86 bits per heavy atom. The standard InChI is InChI=1S/C17H23NO3S/c1-10-11(2)16(7-6-15(10)21-3)22(19,20)18-9-14-12-4-5-13(8-12)17(14)18/h6-7,12-14,17H,4-5,8-9H2,1-3H3/t12-,13-,14+,17+/m0/s1. The van der Waals surface area contributed by atoms with E-state index in [2.05, 4.69) is 0 Å². The number of ether oxygens (including phenoxy) is 1. The molecule has 4 nitrogen and oxygen atoms in total. The molecule has 0 N–H and O–H groups in total. The van der Waals surface area contributed by atoms with Crippen LogP contribution in [0.2, 0.25) is 0 Å². The van der Waals surface area contributed by atoms with Crippen molar-refractivity contribution in [3.8, 4) is 5.75 Å². The molecule has 0 unspecified atom stereocenters. The number of fused-ring (bicyclic) bond motifs is 5. The van der Waals surface area contributed by atoms with E-state index in [-0.39, 0.29) is 6.04 Å². The number of sulfonamides is 1. The fraction of sp³-hybridized carbons (Fsp3) is 0.647. The Hall–Kier alpha value is -1.07. The Morgan fingerprint density at radius 3 is 2.55 bits per heavy atom. The summed E-state index contributed by atoms with van der Waals surface area (Å²) >= 11 is 0. The second kappa shape index (κ2) is 4.71. The highest BCUT2D eigenvalue weighted by Gasteiger charge is 2.59. The van der Waals surface area contributed by atoms with Gasteiger partial charge >= 0.3 is 0 Å². The second-order valence-electron chi connectivity index (χ2n) is 7.08. The maximum Gasteiger partial charge on any atom is 0.243 e. The smallest absolute Gasteiger partial charge is 0.243 e. The van der Waals surface area contributed by atoms with Gasteiger partial charge in [-0.3, -0.25) is 0 Å². The van der Waals surface area contributed by atoms with Crippen LogP contribution in [-0.4, -0.2) is 32.4 Å². The molecule has 22 heavy (non-hydrogen) atoms. The normalized spacial score (nSPS) is 33.6. The van der Waals surface area contributed by atoms with Crippen LogP contribution in [0.15, 0.2) is 17.0 Å². The van der Waals surface area contributed by atoms with Crippen molar-refractivity contribution in [1.29, 1.82) is 0 Å². The van der Waals surface area contributed by atoms with Crippen LogP contribution in [-0.2, 0) is 10.0 Å². The Labute approximate surface area is 132 Å². The lowest BCUT2D eigenvalue weighted by Gasteiger charge is -2.49. The van der Waals surface area contributed by atoms with Gasteiger partial charge in [-0.1, -0.05) is 0 Å². The third-order valence-corrected chi connectivity index (χ3v) is 8.27. The van der Waals surface area contributed by atoms with Crippen LogP contribution < -0.4 is 4.74 Å². The number of hydrogen-bond donors (Lipinski definition) is 0. The van der Waals surface area contributed by atoms with Crippen molar-refractivity contribution in [3.05, 3.63) is 23.3 Å². The zero-order chi connectivity index (χ0) is 15.6. The number of nitrogens with zero attached hydrogens (tertiary/aromatic N) is 1. The first-order valence-corrected chi connectivity index (χ1v) is 9.55. The third kappa shape index (κ3) is 1.75. The molecular formula is C17H23NO3S. The summed E-state index contributed by atoms with van der Waals surface area (Å²) < 4.78 is 33.3. The average molecular weight is 321 g/mol. The Kier molecular flexibility index (Phi) is 3.11. The summed E-state index contributed by atoms with van der Waals surface area (Å²) in [6.07, 6.45) is 3.75. The highest BCUT2D eigenvalue weighted by molar-refractivity contribution is 7.89. The summed E-state index contributed by atoms with van der Waals surface area (Å²) in [7, 11) is -1.76. The quantitative estimate of drug-likeness (QED) is 0.860. The zero-order valence-corrected chi connectivity index (χ0v) is 14.2. The molecule has 4 atom stereocenters. The molecule has 1 heterocycles. The van der Waals surface area contributed by atoms with Crippen molar-refractivity contribution < 1.29 is 13.2 Å². The predicted molar refractivity (Wildman–Crippen MR) is 84.5 cm³/mol. The van der Waals surface area contributed by atoms with Crippen LogP contribution in [0.25, 0.3) is 0 Å². The molecule has 1 aromatic rings. The van der Waals surface area contributed by atoms with Crippen molar-refractivity contribution >= 4 is 10.0 Å². The summed E-state index contributed by atoms with van der Waals surface area (Å²) in [5.41, 5.74) is 1.72. The van der Waals surface area contributed by atoms with Crippen molar-refractivity contribution in [1.82, 2.24) is 4.31 Å². The summed E-state index contributed by atoms with van der Waals surface area (Å²) in [4.78, 5) is 0.451. The van der Waals surface area contributed by atoms with Gasteiger partial charge in [-0.15, -0.1) is 0 Å². The molecule has 1 saturated heterocycles. The molecule has 0 spiro atoms. The molecule has 2 saturated carbocycles. The van der Waals surface area contributed by atoms with Gasteiger partial charge in [-0.05, 0) is 74.1 Å². The van der Waals surface area contributed by atoms with Gasteiger partial charge in [0.05, 0.1) is 12.0 Å². The molecule has 2 bridgehead atoms. The molecule has 4 rings (SSSR count). The van der Waals surface area contributed by atoms with Crippen molar-refractivity contribution in [2.75, 3.05) is 13.7 Å². The monoisotopic (exact) mass is 321 g/mol. The topological polar surface area (TPSA) is 46.6 Å². The molecule has 0 aromatic heterocycles. The average Bonchev–Trinajstić information content (AvgIpc) is 2.97. The predicted octanol–water partition coefficient (Wildman–Crippen LogP) is 2.73. The lowest BCUT2D eigenvalue weighted by molar-refractivity contribution is 0.0506. The molecule has 3 fully saturated rings. The SMILES string of the molecule is COc1ccc(S(=O)(=O)N2C[C@@H]3[C@H]4CC[C@@H](C4)[C@H]32)c(C)c1C. The number of benzene rings is 1. The van der Waals surface area contributed by atoms with E-state index < -0.39 is 10.0 Å². The zero-order valence-electron chi connectivity index (χ0n) is 13.4. The van der Waals surface area contributed by atoms with Crippen LogP contribution in [0.4, 0.5) is 0 Å². The molecule has 1 aliphatic heterocycles. The fourth-order valence-corrected chi connectivity index (χ4v) is 6.98. The lowest BCUT2D eigenvalue weighted by Crippen LogP contribution is -2.60. The van der Waals surface area contributed by atoms with E-state index in [0.29, 0.717) is 16.7 Å². The minimum absolute atomic E-state index is 0.269. The van der Waals surface area contributed by atoms with E-state index in [1.165, 1.54) is 19.3 Å². The first kappa shape index (κ1) is 14.5. The van der Waals surface area contributed by atoms with Crippen LogP contribution in [0.3, 0.4) is 0 Å². The molecule has 2 aliphatic carbocycles. The van der Waals surface area contributed by atoms with E-state index in [1.807, 2.05) is 13.8 Å². The van der Waals surface area contributed by atoms with Crippen molar-refractivity contribution in [3.63, 3.8) is 0 Å². The van der Waals surface area contributed by atoms with Gasteiger partial charge in [0.15, 0.2) is 0 Å². The van der Waals surface area contributed by atoms with Crippen LogP contribution in [0.1, 0.15) is 30.4 Å². The minimum Gasteiger partial charge on any atom is -0.496 e. The summed E-state index contributed by atoms with van der Waals surface area (Å²) in [5, 5.41) is 0. The minimum atomic E-state index is -3.38. The summed E-state index contributed by atoms with van der Waals surface area (Å²) in [6, 6.07) is 3.75. The fourth-order valence-electron chi connectivity index (χ4n) is 4.93. The summed E-state index contributed by atoms with van der Waals surface area (Å²) in [5.74, 6) is 2.74. The number of methoxy groups -OCH3 is 1. The van der Waals surface area contributed by atoms with E-state index in [9.17, 15) is 8.42 Å². The van der Waals surface area contributed by atoms with Crippen LogP contribution in [0, 0.1) is 31.6 Å². The van der Waals surface area contributed by atoms with Gasteiger partial charge in [0.1, 0.15) is 5.75 Å². The highest BCUT2D eigenvalue weighted by atomic mass is 32.2. The Morgan fingerprint density at radius 1 is 1.14 bits per heavy atom. The molecule has 0 amide bonds. The van der Waals surface area contributed by atoms with Crippen molar-refractivity contribution in [2.24, 2.45) is 17.8 Å². The van der Waals surface area contributed by atoms with Gasteiger partial charge in [-0.25, -0.2) is 8.42 Å². The largest absolute Gasteiger partial charge is 0.496 e. The van der Waals surface area contributed by atoms with E-state index >= 15 is 0 Å². The lowest BCUT2D eigenvalue weighted by atomic mass is 9.79. The van der Waals surface area contributed by atoms with E-state index in [4.69, 9.17) is 4.74 Å². The molecular weight excluding hydrogens is 298 g/mol. The Bertz CT molecular complexity index is 726.